The number of amides is 1. The van der Waals surface area contributed by atoms with Crippen molar-refractivity contribution in [3.05, 3.63) is 101 Å². The van der Waals surface area contributed by atoms with Crippen LogP contribution in [0.3, 0.4) is 0 Å². The number of ketones is 1. The lowest BCUT2D eigenvalue weighted by atomic mass is 10.1. The van der Waals surface area contributed by atoms with Crippen LogP contribution in [0, 0.1) is 18.7 Å². The Kier molecular flexibility index (Phi) is 5.94. The average molecular weight is 415 g/mol. The van der Waals surface area contributed by atoms with E-state index >= 15 is 0 Å². The standard InChI is InChI=1S/C26H22FNO3/c1-17-6-2-5-9-24(17)31-20-14-10-18(11-15-20)16-23(25(29)19-12-13-19)28-26(30)21-7-3-4-8-22(21)27/h2-11,14-16,19H,12-13H2,1H3,(H,28,30)/b23-16-. The number of hydrogen-bond acceptors (Lipinski definition) is 3. The van der Waals surface area contributed by atoms with Crippen molar-refractivity contribution >= 4 is 17.8 Å². The molecule has 1 N–H and O–H groups in total. The minimum absolute atomic E-state index is 0.0872. The summed E-state index contributed by atoms with van der Waals surface area (Å²) in [6, 6.07) is 20.6. The summed E-state index contributed by atoms with van der Waals surface area (Å²) in [6.45, 7) is 1.97. The minimum atomic E-state index is -0.641. The van der Waals surface area contributed by atoms with Crippen LogP contribution >= 0.6 is 0 Å². The van der Waals surface area contributed by atoms with Crippen LogP contribution in [0.2, 0.25) is 0 Å². The van der Waals surface area contributed by atoms with Crippen molar-refractivity contribution in [2.24, 2.45) is 5.92 Å². The predicted octanol–water partition coefficient (Wildman–Crippen LogP) is 5.68. The van der Waals surface area contributed by atoms with Crippen LogP contribution in [0.1, 0.15) is 34.3 Å². The van der Waals surface area contributed by atoms with Gasteiger partial charge in [-0.15, -0.1) is 0 Å². The summed E-state index contributed by atoms with van der Waals surface area (Å²) < 4.78 is 19.9. The van der Waals surface area contributed by atoms with Gasteiger partial charge in [0.2, 0.25) is 0 Å². The molecule has 156 valence electrons. The lowest BCUT2D eigenvalue weighted by Crippen LogP contribution is -2.28. The second-order valence-electron chi connectivity index (χ2n) is 7.57. The Morgan fingerprint density at radius 2 is 1.65 bits per heavy atom. The van der Waals surface area contributed by atoms with Crippen LogP contribution in [-0.4, -0.2) is 11.7 Å². The number of benzene rings is 3. The molecule has 1 aliphatic rings. The molecule has 0 heterocycles. The fraction of sp³-hybridized carbons (Fsp3) is 0.154. The molecule has 0 atom stereocenters. The molecule has 3 aromatic rings. The third kappa shape index (κ3) is 5.07. The van der Waals surface area contributed by atoms with Gasteiger partial charge in [-0.25, -0.2) is 4.39 Å². The molecule has 0 aromatic heterocycles. The maximum absolute atomic E-state index is 14.0. The molecule has 1 fully saturated rings. The van der Waals surface area contributed by atoms with Crippen LogP contribution in [0.4, 0.5) is 4.39 Å². The number of nitrogens with one attached hydrogen (secondary N) is 1. The Morgan fingerprint density at radius 3 is 2.32 bits per heavy atom. The lowest BCUT2D eigenvalue weighted by molar-refractivity contribution is -0.116. The average Bonchev–Trinajstić information content (AvgIpc) is 3.61. The van der Waals surface area contributed by atoms with Gasteiger partial charge in [0.15, 0.2) is 5.78 Å². The number of hydrogen-bond donors (Lipinski definition) is 1. The summed E-state index contributed by atoms with van der Waals surface area (Å²) in [5, 5.41) is 2.61. The molecule has 1 amide bonds. The van der Waals surface area contributed by atoms with Gasteiger partial charge in [-0.2, -0.15) is 0 Å². The Hall–Kier alpha value is -3.73. The zero-order chi connectivity index (χ0) is 21.8. The van der Waals surface area contributed by atoms with E-state index in [1.165, 1.54) is 18.2 Å². The topological polar surface area (TPSA) is 55.4 Å². The van der Waals surface area contributed by atoms with Crippen molar-refractivity contribution in [2.45, 2.75) is 19.8 Å². The van der Waals surface area contributed by atoms with Gasteiger partial charge < -0.3 is 10.1 Å². The van der Waals surface area contributed by atoms with Gasteiger partial charge in [0.05, 0.1) is 11.3 Å². The van der Waals surface area contributed by atoms with Crippen LogP contribution < -0.4 is 10.1 Å². The highest BCUT2D eigenvalue weighted by Gasteiger charge is 2.32. The van der Waals surface area contributed by atoms with Crippen molar-refractivity contribution in [1.29, 1.82) is 0 Å². The molecule has 0 unspecified atom stereocenters. The smallest absolute Gasteiger partial charge is 0.258 e. The third-order valence-electron chi connectivity index (χ3n) is 5.09. The molecule has 1 saturated carbocycles. The van der Waals surface area contributed by atoms with Crippen LogP contribution in [0.15, 0.2) is 78.5 Å². The number of allylic oxidation sites excluding steroid dienone is 1. The van der Waals surface area contributed by atoms with E-state index in [-0.39, 0.29) is 23.0 Å². The molecule has 3 aromatic carbocycles. The van der Waals surface area contributed by atoms with E-state index < -0.39 is 11.7 Å². The Bertz CT molecular complexity index is 1150. The first-order valence-corrected chi connectivity index (χ1v) is 10.2. The highest BCUT2D eigenvalue weighted by atomic mass is 19.1. The van der Waals surface area contributed by atoms with E-state index in [1.54, 1.807) is 24.3 Å². The predicted molar refractivity (Wildman–Crippen MR) is 117 cm³/mol. The summed E-state index contributed by atoms with van der Waals surface area (Å²) in [5.41, 5.74) is 1.83. The second-order valence-corrected chi connectivity index (χ2v) is 7.57. The Morgan fingerprint density at radius 1 is 0.968 bits per heavy atom. The van der Waals surface area contributed by atoms with Crippen molar-refractivity contribution < 1.29 is 18.7 Å². The van der Waals surface area contributed by atoms with E-state index in [0.717, 1.165) is 29.7 Å². The first-order chi connectivity index (χ1) is 15.0. The summed E-state index contributed by atoms with van der Waals surface area (Å²) in [4.78, 5) is 25.2. The van der Waals surface area contributed by atoms with Gasteiger partial charge in [0, 0.05) is 5.92 Å². The highest BCUT2D eigenvalue weighted by molar-refractivity contribution is 6.07. The van der Waals surface area contributed by atoms with Gasteiger partial charge in [0.1, 0.15) is 17.3 Å². The van der Waals surface area contributed by atoms with Gasteiger partial charge in [-0.1, -0.05) is 42.5 Å². The molecule has 4 rings (SSSR count). The fourth-order valence-electron chi connectivity index (χ4n) is 3.17. The van der Waals surface area contributed by atoms with Crippen molar-refractivity contribution in [3.63, 3.8) is 0 Å². The lowest BCUT2D eigenvalue weighted by Gasteiger charge is -2.11. The van der Waals surface area contributed by atoms with Gasteiger partial charge in [0.25, 0.3) is 5.91 Å². The van der Waals surface area contributed by atoms with Crippen LogP contribution in [0.5, 0.6) is 11.5 Å². The summed E-state index contributed by atoms with van der Waals surface area (Å²) in [5.74, 6) is -0.0565. The van der Waals surface area contributed by atoms with Crippen LogP contribution in [-0.2, 0) is 4.79 Å². The molecule has 0 radical (unpaired) electrons. The molecule has 1 aliphatic carbocycles. The molecule has 5 heteroatoms. The number of carbonyl (C=O) groups is 2. The normalized spacial score (nSPS) is 13.5. The maximum Gasteiger partial charge on any atom is 0.258 e. The molecule has 0 bridgehead atoms. The number of para-hydroxylation sites is 1. The van der Waals surface area contributed by atoms with Gasteiger partial charge in [-0.3, -0.25) is 9.59 Å². The highest BCUT2D eigenvalue weighted by Crippen LogP contribution is 2.32. The number of ether oxygens (including phenoxy) is 1. The van der Waals surface area contributed by atoms with Crippen LogP contribution in [0.25, 0.3) is 6.08 Å². The molecule has 31 heavy (non-hydrogen) atoms. The van der Waals surface area contributed by atoms with Crippen molar-refractivity contribution in [2.75, 3.05) is 0 Å². The molecule has 4 nitrogen and oxygen atoms in total. The fourth-order valence-corrected chi connectivity index (χ4v) is 3.17. The summed E-state index contributed by atoms with van der Waals surface area (Å²) >= 11 is 0. The molecule has 0 saturated heterocycles. The first kappa shape index (κ1) is 20.5. The number of aryl methyl sites for hydroxylation is 1. The molecular weight excluding hydrogens is 393 g/mol. The monoisotopic (exact) mass is 415 g/mol. The number of rotatable bonds is 7. The number of halogens is 1. The SMILES string of the molecule is Cc1ccccc1Oc1ccc(/C=C(\NC(=O)c2ccccc2F)C(=O)C2CC2)cc1. The van der Waals surface area contributed by atoms with E-state index in [2.05, 4.69) is 5.32 Å². The molecule has 0 aliphatic heterocycles. The first-order valence-electron chi connectivity index (χ1n) is 10.2. The summed E-state index contributed by atoms with van der Waals surface area (Å²) in [6.07, 6.45) is 3.22. The van der Waals surface area contributed by atoms with E-state index in [1.807, 2.05) is 43.3 Å². The second kappa shape index (κ2) is 8.96. The van der Waals surface area contributed by atoms with Gasteiger partial charge in [-0.05, 0) is 67.3 Å². The third-order valence-corrected chi connectivity index (χ3v) is 5.09. The summed E-state index contributed by atoms with van der Waals surface area (Å²) in [7, 11) is 0. The Balaban J connectivity index is 1.54. The largest absolute Gasteiger partial charge is 0.457 e. The van der Waals surface area contributed by atoms with E-state index in [0.29, 0.717) is 5.75 Å². The molecule has 0 spiro atoms. The van der Waals surface area contributed by atoms with Gasteiger partial charge >= 0.3 is 0 Å². The molecular formula is C26H22FNO3. The maximum atomic E-state index is 14.0. The van der Waals surface area contributed by atoms with E-state index in [9.17, 15) is 14.0 Å². The number of carbonyl (C=O) groups excluding carboxylic acids is 2. The van der Waals surface area contributed by atoms with Crippen molar-refractivity contribution in [1.82, 2.24) is 5.32 Å². The Labute approximate surface area is 180 Å². The van der Waals surface area contributed by atoms with Crippen molar-refractivity contribution in [3.8, 4) is 11.5 Å². The quantitative estimate of drug-likeness (QED) is 0.506. The minimum Gasteiger partial charge on any atom is -0.457 e. The van der Waals surface area contributed by atoms with E-state index in [4.69, 9.17) is 4.74 Å². The zero-order valence-electron chi connectivity index (χ0n) is 17.1. The zero-order valence-corrected chi connectivity index (χ0v) is 17.1. The number of Topliss-reactive ketones (excluding diaryl/α,β-unsaturated/α-hetero) is 1.